The van der Waals surface area contributed by atoms with Crippen LogP contribution in [0.3, 0.4) is 0 Å². The topological polar surface area (TPSA) is 29.1 Å². The highest BCUT2D eigenvalue weighted by atomic mass is 127. The predicted octanol–water partition coefficient (Wildman–Crippen LogP) is 4.37. The third-order valence-electron chi connectivity index (χ3n) is 1.95. The lowest BCUT2D eigenvalue weighted by atomic mass is 10.3. The number of amides is 1. The lowest BCUT2D eigenvalue weighted by Gasteiger charge is -2.05. The fourth-order valence-corrected chi connectivity index (χ4v) is 2.85. The van der Waals surface area contributed by atoms with Gasteiger partial charge in [0, 0.05) is 8.95 Å². The maximum absolute atomic E-state index is 11.9. The Hall–Kier alpha value is -0.400. The average Bonchev–Trinajstić information content (AvgIpc) is 2.68. The van der Waals surface area contributed by atoms with Gasteiger partial charge in [0.25, 0.3) is 5.91 Å². The second-order valence-electron chi connectivity index (χ2n) is 3.07. The van der Waals surface area contributed by atoms with E-state index in [1.807, 2.05) is 35.7 Å². The van der Waals surface area contributed by atoms with Gasteiger partial charge in [0.1, 0.15) is 0 Å². The summed E-state index contributed by atoms with van der Waals surface area (Å²) in [5, 5.41) is 4.71. The van der Waals surface area contributed by atoms with Crippen LogP contribution in [-0.2, 0) is 0 Å². The van der Waals surface area contributed by atoms with Crippen LogP contribution in [0.1, 0.15) is 10.4 Å². The zero-order valence-electron chi connectivity index (χ0n) is 8.04. The Kier molecular flexibility index (Phi) is 3.99. The van der Waals surface area contributed by atoms with E-state index < -0.39 is 0 Å². The molecule has 1 heterocycles. The van der Waals surface area contributed by atoms with Gasteiger partial charge in [-0.05, 0) is 56.7 Å². The molecule has 0 aliphatic heterocycles. The van der Waals surface area contributed by atoms with Crippen molar-refractivity contribution in [2.75, 3.05) is 5.32 Å². The van der Waals surface area contributed by atoms with Gasteiger partial charge in [-0.25, -0.2) is 0 Å². The summed E-state index contributed by atoms with van der Waals surface area (Å²) >= 11 is 7.04. The first-order valence-electron chi connectivity index (χ1n) is 4.47. The van der Waals surface area contributed by atoms with E-state index in [0.29, 0.717) is 5.56 Å². The Balaban J connectivity index is 2.17. The van der Waals surface area contributed by atoms with Gasteiger partial charge in [0.2, 0.25) is 0 Å². The van der Waals surface area contributed by atoms with Crippen LogP contribution < -0.4 is 5.32 Å². The van der Waals surface area contributed by atoms with Crippen molar-refractivity contribution < 1.29 is 4.79 Å². The van der Waals surface area contributed by atoms with Gasteiger partial charge >= 0.3 is 0 Å². The maximum atomic E-state index is 11.9. The van der Waals surface area contributed by atoms with Crippen LogP contribution in [0.25, 0.3) is 0 Å². The third-order valence-corrected chi connectivity index (χ3v) is 4.40. The summed E-state index contributed by atoms with van der Waals surface area (Å²) in [6.45, 7) is 0. The van der Waals surface area contributed by atoms with E-state index >= 15 is 0 Å². The molecule has 1 aromatic heterocycles. The summed E-state index contributed by atoms with van der Waals surface area (Å²) in [5.41, 5.74) is 1.52. The highest BCUT2D eigenvalue weighted by Gasteiger charge is 2.09. The Morgan fingerprint density at radius 1 is 1.38 bits per heavy atom. The van der Waals surface area contributed by atoms with Crippen molar-refractivity contribution in [2.24, 2.45) is 0 Å². The van der Waals surface area contributed by atoms with Crippen molar-refractivity contribution in [3.05, 3.63) is 48.6 Å². The second-order valence-corrected chi connectivity index (χ2v) is 6.53. The smallest absolute Gasteiger partial charge is 0.256 e. The van der Waals surface area contributed by atoms with E-state index in [1.165, 1.54) is 11.3 Å². The molecule has 0 saturated carbocycles. The Bertz CT molecular complexity index is 526. The molecule has 1 aromatic carbocycles. The number of halogens is 2. The van der Waals surface area contributed by atoms with Gasteiger partial charge < -0.3 is 5.32 Å². The van der Waals surface area contributed by atoms with E-state index in [-0.39, 0.29) is 5.91 Å². The fraction of sp³-hybridized carbons (Fsp3) is 0. The van der Waals surface area contributed by atoms with Crippen LogP contribution in [0, 0.1) is 3.57 Å². The van der Waals surface area contributed by atoms with Crippen LogP contribution >= 0.6 is 49.9 Å². The quantitative estimate of drug-likeness (QED) is 0.736. The van der Waals surface area contributed by atoms with E-state index in [9.17, 15) is 4.79 Å². The number of carbonyl (C=O) groups is 1. The van der Waals surface area contributed by atoms with Crippen LogP contribution in [0.15, 0.2) is 39.5 Å². The zero-order chi connectivity index (χ0) is 11.5. The number of nitrogens with one attached hydrogen (secondary N) is 1. The lowest BCUT2D eigenvalue weighted by Crippen LogP contribution is -2.11. The van der Waals surface area contributed by atoms with Crippen molar-refractivity contribution in [3.8, 4) is 0 Å². The highest BCUT2D eigenvalue weighted by Crippen LogP contribution is 2.22. The van der Waals surface area contributed by atoms with Gasteiger partial charge in [-0.15, -0.1) is 11.3 Å². The maximum Gasteiger partial charge on any atom is 0.256 e. The molecule has 16 heavy (non-hydrogen) atoms. The predicted molar refractivity (Wildman–Crippen MR) is 79.1 cm³/mol. The summed E-state index contributed by atoms with van der Waals surface area (Å²) in [6.07, 6.45) is 0. The van der Waals surface area contributed by atoms with Gasteiger partial charge in [0.15, 0.2) is 0 Å². The van der Waals surface area contributed by atoms with Crippen molar-refractivity contribution in [1.29, 1.82) is 0 Å². The standard InChI is InChI=1S/C11H7BrINOS/c12-10-5-7(6-16-10)11(15)14-9-4-2-1-3-8(9)13/h1-6H,(H,14,15). The molecule has 0 bridgehead atoms. The average molecular weight is 408 g/mol. The van der Waals surface area contributed by atoms with E-state index in [1.54, 1.807) is 0 Å². The Morgan fingerprint density at radius 3 is 2.75 bits per heavy atom. The summed E-state index contributed by atoms with van der Waals surface area (Å²) in [6, 6.07) is 9.51. The molecule has 2 nitrogen and oxygen atoms in total. The van der Waals surface area contributed by atoms with Gasteiger partial charge in [0.05, 0.1) is 15.0 Å². The fourth-order valence-electron chi connectivity index (χ4n) is 1.19. The minimum atomic E-state index is -0.0777. The molecule has 0 radical (unpaired) electrons. The van der Waals surface area contributed by atoms with Crippen LogP contribution in [0.5, 0.6) is 0 Å². The molecule has 0 saturated heterocycles. The van der Waals surface area contributed by atoms with E-state index in [0.717, 1.165) is 13.0 Å². The second kappa shape index (κ2) is 5.29. The molecule has 0 unspecified atom stereocenters. The van der Waals surface area contributed by atoms with Crippen LogP contribution in [0.2, 0.25) is 0 Å². The van der Waals surface area contributed by atoms with Gasteiger partial charge in [-0.2, -0.15) is 0 Å². The summed E-state index contributed by atoms with van der Waals surface area (Å²) in [5.74, 6) is -0.0777. The molecule has 5 heteroatoms. The highest BCUT2D eigenvalue weighted by molar-refractivity contribution is 14.1. The molecule has 0 atom stereocenters. The SMILES string of the molecule is O=C(Nc1ccccc1I)c1csc(Br)c1. The molecule has 0 aliphatic rings. The van der Waals surface area contributed by atoms with E-state index in [2.05, 4.69) is 43.8 Å². The Labute approximate surface area is 119 Å². The molecule has 0 aliphatic carbocycles. The number of benzene rings is 1. The van der Waals surface area contributed by atoms with Crippen molar-refractivity contribution >= 4 is 61.5 Å². The summed E-state index contributed by atoms with van der Waals surface area (Å²) in [7, 11) is 0. The number of para-hydroxylation sites is 1. The number of anilines is 1. The van der Waals surface area contributed by atoms with Crippen LogP contribution in [0.4, 0.5) is 5.69 Å². The number of hydrogen-bond acceptors (Lipinski definition) is 2. The van der Waals surface area contributed by atoms with Crippen molar-refractivity contribution in [2.45, 2.75) is 0 Å². The number of rotatable bonds is 2. The van der Waals surface area contributed by atoms with E-state index in [4.69, 9.17) is 0 Å². The molecule has 1 N–H and O–H groups in total. The molecule has 1 amide bonds. The minimum Gasteiger partial charge on any atom is -0.321 e. The first-order chi connectivity index (χ1) is 7.66. The van der Waals surface area contributed by atoms with Crippen LogP contribution in [-0.4, -0.2) is 5.91 Å². The number of thiophene rings is 1. The molecule has 0 fully saturated rings. The molecule has 2 aromatic rings. The summed E-state index contributed by atoms with van der Waals surface area (Å²) in [4.78, 5) is 11.9. The normalized spacial score (nSPS) is 10.1. The molecule has 82 valence electrons. The van der Waals surface area contributed by atoms with Gasteiger partial charge in [-0.3, -0.25) is 4.79 Å². The van der Waals surface area contributed by atoms with Gasteiger partial charge in [-0.1, -0.05) is 12.1 Å². The number of hydrogen-bond donors (Lipinski definition) is 1. The first-order valence-corrected chi connectivity index (χ1v) is 7.22. The summed E-state index contributed by atoms with van der Waals surface area (Å²) < 4.78 is 1.99. The minimum absolute atomic E-state index is 0.0777. The molecular formula is C11H7BrINOS. The molecular weight excluding hydrogens is 401 g/mol. The number of carbonyl (C=O) groups excluding carboxylic acids is 1. The largest absolute Gasteiger partial charge is 0.321 e. The first kappa shape index (κ1) is 12.1. The zero-order valence-corrected chi connectivity index (χ0v) is 12.6. The monoisotopic (exact) mass is 407 g/mol. The Morgan fingerprint density at radius 2 is 2.12 bits per heavy atom. The molecule has 0 spiro atoms. The lowest BCUT2D eigenvalue weighted by molar-refractivity contribution is 0.102. The molecule has 2 rings (SSSR count). The third kappa shape index (κ3) is 2.83. The van der Waals surface area contributed by atoms with Crippen molar-refractivity contribution in [1.82, 2.24) is 0 Å². The van der Waals surface area contributed by atoms with Crippen molar-refractivity contribution in [3.63, 3.8) is 0 Å².